The number of para-hydroxylation sites is 1. The van der Waals surface area contributed by atoms with Gasteiger partial charge < -0.3 is 20.2 Å². The first-order valence-corrected chi connectivity index (χ1v) is 7.20. The molecule has 2 amide bonds. The van der Waals surface area contributed by atoms with Gasteiger partial charge in [0.1, 0.15) is 0 Å². The van der Waals surface area contributed by atoms with Crippen molar-refractivity contribution in [2.75, 3.05) is 44.2 Å². The Hall–Kier alpha value is -2.08. The lowest BCUT2D eigenvalue weighted by Gasteiger charge is -2.35. The third kappa shape index (κ3) is 4.19. The highest BCUT2D eigenvalue weighted by Gasteiger charge is 2.25. The number of carbonyl (C=O) groups is 2. The van der Waals surface area contributed by atoms with Crippen LogP contribution in [-0.2, 0) is 9.59 Å². The number of hydrogen-bond donors (Lipinski definition) is 2. The number of aliphatic hydroxyl groups excluding tert-OH is 1. The molecule has 21 heavy (non-hydrogen) atoms. The Kier molecular flexibility index (Phi) is 5.57. The van der Waals surface area contributed by atoms with E-state index < -0.39 is 11.8 Å². The molecule has 1 saturated heterocycles. The number of benzene rings is 1. The third-order valence-electron chi connectivity index (χ3n) is 3.50. The molecule has 0 radical (unpaired) electrons. The number of nitrogens with zero attached hydrogens (tertiary/aromatic N) is 2. The zero-order chi connectivity index (χ0) is 15.1. The number of carbonyl (C=O) groups excluding carboxylic acids is 2. The van der Waals surface area contributed by atoms with E-state index in [1.165, 1.54) is 0 Å². The van der Waals surface area contributed by atoms with Crippen LogP contribution in [0.5, 0.6) is 0 Å². The van der Waals surface area contributed by atoms with E-state index in [2.05, 4.69) is 10.2 Å². The van der Waals surface area contributed by atoms with Crippen molar-refractivity contribution in [3.05, 3.63) is 30.3 Å². The number of rotatable bonds is 4. The van der Waals surface area contributed by atoms with Crippen LogP contribution in [0.25, 0.3) is 0 Å². The maximum Gasteiger partial charge on any atom is 0.312 e. The molecule has 0 bridgehead atoms. The van der Waals surface area contributed by atoms with Crippen molar-refractivity contribution >= 4 is 17.5 Å². The summed E-state index contributed by atoms with van der Waals surface area (Å²) in [5.41, 5.74) is 1.14. The minimum atomic E-state index is -0.586. The van der Waals surface area contributed by atoms with Crippen LogP contribution in [0.2, 0.25) is 0 Å². The highest BCUT2D eigenvalue weighted by atomic mass is 16.3. The van der Waals surface area contributed by atoms with Gasteiger partial charge in [-0.3, -0.25) is 9.59 Å². The Balaban J connectivity index is 1.80. The molecule has 1 aliphatic heterocycles. The van der Waals surface area contributed by atoms with Crippen LogP contribution in [0, 0.1) is 0 Å². The summed E-state index contributed by atoms with van der Waals surface area (Å²) in [6, 6.07) is 10.0. The first-order valence-electron chi connectivity index (χ1n) is 7.20. The summed E-state index contributed by atoms with van der Waals surface area (Å²) in [6.45, 7) is 2.86. The van der Waals surface area contributed by atoms with E-state index in [1.54, 1.807) is 4.90 Å². The Bertz CT molecular complexity index is 470. The molecule has 6 heteroatoms. The van der Waals surface area contributed by atoms with E-state index in [9.17, 15) is 9.59 Å². The topological polar surface area (TPSA) is 72.9 Å². The van der Waals surface area contributed by atoms with Crippen molar-refractivity contribution in [2.24, 2.45) is 0 Å². The summed E-state index contributed by atoms with van der Waals surface area (Å²) in [7, 11) is 0. The second-order valence-corrected chi connectivity index (χ2v) is 4.95. The van der Waals surface area contributed by atoms with E-state index in [1.807, 2.05) is 30.3 Å². The molecular weight excluding hydrogens is 270 g/mol. The largest absolute Gasteiger partial charge is 0.396 e. The standard InChI is InChI=1S/C15H21N3O3/c19-12-4-7-16-14(20)15(21)18-10-8-17(9-11-18)13-5-2-1-3-6-13/h1-3,5-6,19H,4,7-12H2,(H,16,20). The highest BCUT2D eigenvalue weighted by molar-refractivity contribution is 6.35. The molecule has 1 aromatic carbocycles. The van der Waals surface area contributed by atoms with Gasteiger partial charge in [-0.2, -0.15) is 0 Å². The number of aliphatic hydroxyl groups is 1. The summed E-state index contributed by atoms with van der Waals surface area (Å²) in [4.78, 5) is 27.4. The summed E-state index contributed by atoms with van der Waals surface area (Å²) in [5, 5.41) is 11.2. The molecule has 1 fully saturated rings. The predicted octanol–water partition coefficient (Wildman–Crippen LogP) is -0.166. The molecule has 114 valence electrons. The van der Waals surface area contributed by atoms with Gasteiger partial charge in [-0.1, -0.05) is 18.2 Å². The van der Waals surface area contributed by atoms with Crippen molar-refractivity contribution in [3.8, 4) is 0 Å². The molecule has 1 heterocycles. The van der Waals surface area contributed by atoms with Gasteiger partial charge in [0.2, 0.25) is 0 Å². The minimum Gasteiger partial charge on any atom is -0.396 e. The van der Waals surface area contributed by atoms with E-state index in [4.69, 9.17) is 5.11 Å². The maximum atomic E-state index is 12.0. The van der Waals surface area contributed by atoms with Crippen molar-refractivity contribution < 1.29 is 14.7 Å². The van der Waals surface area contributed by atoms with Crippen LogP contribution in [0.15, 0.2) is 30.3 Å². The van der Waals surface area contributed by atoms with Crippen LogP contribution in [0.3, 0.4) is 0 Å². The first kappa shape index (κ1) is 15.3. The molecule has 1 aromatic rings. The summed E-state index contributed by atoms with van der Waals surface area (Å²) in [5.74, 6) is -1.07. The number of amides is 2. The van der Waals surface area contributed by atoms with Crippen molar-refractivity contribution in [3.63, 3.8) is 0 Å². The van der Waals surface area contributed by atoms with Gasteiger partial charge in [-0.05, 0) is 18.6 Å². The molecule has 0 unspecified atom stereocenters. The van der Waals surface area contributed by atoms with Crippen molar-refractivity contribution in [1.82, 2.24) is 10.2 Å². The number of nitrogens with one attached hydrogen (secondary N) is 1. The van der Waals surface area contributed by atoms with Gasteiger partial charge in [-0.25, -0.2) is 0 Å². The summed E-state index contributed by atoms with van der Waals surface area (Å²) >= 11 is 0. The number of hydrogen-bond acceptors (Lipinski definition) is 4. The van der Waals surface area contributed by atoms with Crippen LogP contribution < -0.4 is 10.2 Å². The van der Waals surface area contributed by atoms with Gasteiger partial charge >= 0.3 is 11.8 Å². The molecule has 6 nitrogen and oxygen atoms in total. The highest BCUT2D eigenvalue weighted by Crippen LogP contribution is 2.15. The van der Waals surface area contributed by atoms with E-state index in [0.29, 0.717) is 26.1 Å². The Morgan fingerprint density at radius 3 is 2.38 bits per heavy atom. The lowest BCUT2D eigenvalue weighted by molar-refractivity contribution is -0.146. The predicted molar refractivity (Wildman–Crippen MR) is 79.9 cm³/mol. The number of piperazine rings is 1. The van der Waals surface area contributed by atoms with E-state index >= 15 is 0 Å². The van der Waals surface area contributed by atoms with Gasteiger partial charge in [0.15, 0.2) is 0 Å². The first-order chi connectivity index (χ1) is 10.2. The molecule has 0 aromatic heterocycles. The lowest BCUT2D eigenvalue weighted by Crippen LogP contribution is -2.52. The van der Waals surface area contributed by atoms with Crippen LogP contribution in [0.4, 0.5) is 5.69 Å². The van der Waals surface area contributed by atoms with Crippen LogP contribution >= 0.6 is 0 Å². The Morgan fingerprint density at radius 2 is 1.76 bits per heavy atom. The molecule has 2 rings (SSSR count). The second kappa shape index (κ2) is 7.64. The average molecular weight is 291 g/mol. The normalized spacial score (nSPS) is 14.9. The quantitative estimate of drug-likeness (QED) is 0.597. The fourth-order valence-corrected chi connectivity index (χ4v) is 2.31. The fourth-order valence-electron chi connectivity index (χ4n) is 2.31. The fraction of sp³-hybridized carbons (Fsp3) is 0.467. The second-order valence-electron chi connectivity index (χ2n) is 4.95. The van der Waals surface area contributed by atoms with Gasteiger partial charge in [0.25, 0.3) is 0 Å². The van der Waals surface area contributed by atoms with E-state index in [0.717, 1.165) is 18.8 Å². The van der Waals surface area contributed by atoms with Crippen molar-refractivity contribution in [2.45, 2.75) is 6.42 Å². The molecule has 0 saturated carbocycles. The monoisotopic (exact) mass is 291 g/mol. The zero-order valence-electron chi connectivity index (χ0n) is 12.0. The van der Waals surface area contributed by atoms with Gasteiger partial charge in [-0.15, -0.1) is 0 Å². The molecule has 0 spiro atoms. The number of anilines is 1. The summed E-state index contributed by atoms with van der Waals surface area (Å²) < 4.78 is 0. The lowest BCUT2D eigenvalue weighted by atomic mass is 10.2. The zero-order valence-corrected chi connectivity index (χ0v) is 12.0. The maximum absolute atomic E-state index is 12.0. The minimum absolute atomic E-state index is 0.00419. The Morgan fingerprint density at radius 1 is 1.10 bits per heavy atom. The van der Waals surface area contributed by atoms with Crippen LogP contribution in [-0.4, -0.2) is 61.2 Å². The molecule has 0 aliphatic carbocycles. The third-order valence-corrected chi connectivity index (χ3v) is 3.50. The van der Waals surface area contributed by atoms with Crippen LogP contribution in [0.1, 0.15) is 6.42 Å². The van der Waals surface area contributed by atoms with E-state index in [-0.39, 0.29) is 6.61 Å². The summed E-state index contributed by atoms with van der Waals surface area (Å²) in [6.07, 6.45) is 0.459. The molecule has 1 aliphatic rings. The average Bonchev–Trinajstić information content (AvgIpc) is 2.55. The smallest absolute Gasteiger partial charge is 0.312 e. The molecule has 0 atom stereocenters. The van der Waals surface area contributed by atoms with Crippen molar-refractivity contribution in [1.29, 1.82) is 0 Å². The Labute approximate surface area is 124 Å². The van der Waals surface area contributed by atoms with Gasteiger partial charge in [0, 0.05) is 45.0 Å². The molecule has 2 N–H and O–H groups in total. The van der Waals surface area contributed by atoms with Gasteiger partial charge in [0.05, 0.1) is 0 Å². The molecular formula is C15H21N3O3. The SMILES string of the molecule is O=C(NCCCO)C(=O)N1CCN(c2ccccc2)CC1.